The van der Waals surface area contributed by atoms with Crippen LogP contribution in [0, 0.1) is 0 Å². The maximum absolute atomic E-state index is 11.7. The van der Waals surface area contributed by atoms with Gasteiger partial charge in [0.2, 0.25) is 5.95 Å². The van der Waals surface area contributed by atoms with Gasteiger partial charge in [-0.1, -0.05) is 47.8 Å². The summed E-state index contributed by atoms with van der Waals surface area (Å²) in [5.41, 5.74) is 3.91. The normalized spacial score (nSPS) is 14.4. The summed E-state index contributed by atoms with van der Waals surface area (Å²) in [5.74, 6) is 0.439. The van der Waals surface area contributed by atoms with Crippen LogP contribution in [0.5, 0.6) is 0 Å². The van der Waals surface area contributed by atoms with E-state index in [-0.39, 0.29) is 5.97 Å². The first-order valence-corrected chi connectivity index (χ1v) is 10.6. The predicted molar refractivity (Wildman–Crippen MR) is 118 cm³/mol. The molecule has 5 nitrogen and oxygen atoms in total. The van der Waals surface area contributed by atoms with E-state index in [2.05, 4.69) is 9.88 Å². The van der Waals surface area contributed by atoms with Crippen LogP contribution in [0.3, 0.4) is 0 Å². The van der Waals surface area contributed by atoms with Gasteiger partial charge < -0.3 is 14.6 Å². The molecule has 8 heteroatoms. The predicted octanol–water partition coefficient (Wildman–Crippen LogP) is 6.49. The monoisotopic (exact) mass is 451 g/mol. The number of anilines is 1. The van der Waals surface area contributed by atoms with Crippen molar-refractivity contribution in [2.45, 2.75) is 39.3 Å². The van der Waals surface area contributed by atoms with Gasteiger partial charge in [-0.25, -0.2) is 4.98 Å². The van der Waals surface area contributed by atoms with Crippen LogP contribution in [0.2, 0.25) is 15.1 Å². The summed E-state index contributed by atoms with van der Waals surface area (Å²) in [6, 6.07) is 7.25. The van der Waals surface area contributed by atoms with Gasteiger partial charge in [-0.15, -0.1) is 0 Å². The van der Waals surface area contributed by atoms with Crippen molar-refractivity contribution in [2.24, 2.45) is 0 Å². The van der Waals surface area contributed by atoms with Crippen molar-refractivity contribution in [2.75, 3.05) is 11.9 Å². The molecule has 1 aliphatic heterocycles. The third kappa shape index (κ3) is 3.67. The number of carbonyl (C=O) groups is 1. The van der Waals surface area contributed by atoms with Crippen LogP contribution in [0.15, 0.2) is 24.3 Å². The van der Waals surface area contributed by atoms with E-state index in [9.17, 15) is 4.79 Å². The molecule has 0 spiro atoms. The van der Waals surface area contributed by atoms with Crippen LogP contribution in [-0.2, 0) is 16.1 Å². The second kappa shape index (κ2) is 8.05. The molecule has 1 aliphatic rings. The number of halogens is 3. The number of nitrogens with one attached hydrogen (secondary N) is 1. The van der Waals surface area contributed by atoms with Gasteiger partial charge >= 0.3 is 5.97 Å². The zero-order valence-corrected chi connectivity index (χ0v) is 18.3. The molecular formula is C21H20Cl3N3O2. The number of rotatable bonds is 4. The third-order valence-electron chi connectivity index (χ3n) is 5.07. The average molecular weight is 453 g/mol. The molecule has 2 heterocycles. The lowest BCUT2D eigenvalue weighted by atomic mass is 9.97. The molecule has 152 valence electrons. The molecule has 1 unspecified atom stereocenters. The standard InChI is InChI=1S/C21H20Cl3N3O2/c1-3-17(29-11(2)28)15-10-14(13-6-5-12(22)9-16(13)23)18(24)19-20(15)27-8-4-7-25-21(27)26-19/h5-6,9-10,17H,3-4,7-8H2,1-2H3,(H,25,26). The van der Waals surface area contributed by atoms with Gasteiger partial charge in [0.1, 0.15) is 11.6 Å². The number of benzene rings is 2. The summed E-state index contributed by atoms with van der Waals surface area (Å²) in [5, 5.41) is 4.87. The fraction of sp³-hybridized carbons (Fsp3) is 0.333. The molecule has 4 rings (SSSR count). The van der Waals surface area contributed by atoms with E-state index >= 15 is 0 Å². The molecule has 1 atom stereocenters. The van der Waals surface area contributed by atoms with E-state index in [0.717, 1.165) is 47.7 Å². The van der Waals surface area contributed by atoms with Gasteiger partial charge in [-0.3, -0.25) is 4.79 Å². The first-order valence-electron chi connectivity index (χ1n) is 9.49. The lowest BCUT2D eigenvalue weighted by Crippen LogP contribution is -2.18. The Kier molecular flexibility index (Phi) is 5.65. The van der Waals surface area contributed by atoms with Crippen molar-refractivity contribution >= 4 is 57.8 Å². The molecule has 0 saturated carbocycles. The quantitative estimate of drug-likeness (QED) is 0.459. The zero-order chi connectivity index (χ0) is 20.7. The van der Waals surface area contributed by atoms with Gasteiger partial charge in [0.25, 0.3) is 0 Å². The Morgan fingerprint density at radius 3 is 2.76 bits per heavy atom. The summed E-state index contributed by atoms with van der Waals surface area (Å²) in [7, 11) is 0. The summed E-state index contributed by atoms with van der Waals surface area (Å²) >= 11 is 19.4. The number of hydrogen-bond donors (Lipinski definition) is 1. The maximum atomic E-state index is 11.7. The second-order valence-corrected chi connectivity index (χ2v) is 8.24. The van der Waals surface area contributed by atoms with Crippen molar-refractivity contribution in [3.63, 3.8) is 0 Å². The molecule has 29 heavy (non-hydrogen) atoms. The molecule has 1 N–H and O–H groups in total. The van der Waals surface area contributed by atoms with E-state index in [4.69, 9.17) is 44.5 Å². The molecule has 0 amide bonds. The van der Waals surface area contributed by atoms with E-state index in [0.29, 0.717) is 27.0 Å². The van der Waals surface area contributed by atoms with Crippen molar-refractivity contribution in [3.8, 4) is 11.1 Å². The number of aromatic nitrogens is 2. The van der Waals surface area contributed by atoms with Crippen LogP contribution in [0.1, 0.15) is 38.4 Å². The van der Waals surface area contributed by atoms with Crippen LogP contribution in [-0.4, -0.2) is 22.1 Å². The SMILES string of the molecule is CCC(OC(C)=O)c1cc(-c2ccc(Cl)cc2Cl)c(Cl)c2nc3n(c12)CCCN3. The molecular weight excluding hydrogens is 433 g/mol. The van der Waals surface area contributed by atoms with Gasteiger partial charge in [0.05, 0.1) is 10.5 Å². The molecule has 0 aliphatic carbocycles. The highest BCUT2D eigenvalue weighted by atomic mass is 35.5. The first-order chi connectivity index (χ1) is 13.9. The van der Waals surface area contributed by atoms with Crippen LogP contribution < -0.4 is 5.32 Å². The van der Waals surface area contributed by atoms with E-state index in [1.165, 1.54) is 6.92 Å². The maximum Gasteiger partial charge on any atom is 0.303 e. The molecule has 0 saturated heterocycles. The Bertz CT molecular complexity index is 1110. The first kappa shape index (κ1) is 20.3. The van der Waals surface area contributed by atoms with Crippen molar-refractivity contribution < 1.29 is 9.53 Å². The van der Waals surface area contributed by atoms with Crippen LogP contribution in [0.25, 0.3) is 22.2 Å². The van der Waals surface area contributed by atoms with Gasteiger partial charge in [-0.2, -0.15) is 0 Å². The Hall–Kier alpha value is -1.95. The summed E-state index contributed by atoms with van der Waals surface area (Å²) in [4.78, 5) is 16.5. The van der Waals surface area contributed by atoms with Gasteiger partial charge in [0, 0.05) is 46.7 Å². The van der Waals surface area contributed by atoms with E-state index in [1.54, 1.807) is 12.1 Å². The van der Waals surface area contributed by atoms with E-state index in [1.807, 2.05) is 19.1 Å². The number of imidazole rings is 1. The Labute approximate surface area is 183 Å². The summed E-state index contributed by atoms with van der Waals surface area (Å²) < 4.78 is 7.75. The number of esters is 1. The molecule has 0 fully saturated rings. The lowest BCUT2D eigenvalue weighted by molar-refractivity contribution is -0.146. The van der Waals surface area contributed by atoms with Gasteiger partial charge in [-0.05, 0) is 31.0 Å². The number of nitrogens with zero attached hydrogens (tertiary/aromatic N) is 2. The molecule has 1 aromatic heterocycles. The van der Waals surface area contributed by atoms with Crippen molar-refractivity contribution in [1.29, 1.82) is 0 Å². The summed E-state index contributed by atoms with van der Waals surface area (Å²) in [6.07, 6.45) is 1.18. The molecule has 0 bridgehead atoms. The van der Waals surface area contributed by atoms with Crippen LogP contribution >= 0.6 is 34.8 Å². The highest BCUT2D eigenvalue weighted by Gasteiger charge is 2.27. The largest absolute Gasteiger partial charge is 0.458 e. The number of fused-ring (bicyclic) bond motifs is 3. The minimum absolute atomic E-state index is 0.331. The minimum atomic E-state index is -0.417. The van der Waals surface area contributed by atoms with Crippen molar-refractivity contribution in [3.05, 3.63) is 44.9 Å². The number of hydrogen-bond acceptors (Lipinski definition) is 4. The van der Waals surface area contributed by atoms with Gasteiger partial charge in [0.15, 0.2) is 0 Å². The smallest absolute Gasteiger partial charge is 0.303 e. The Morgan fingerprint density at radius 2 is 2.07 bits per heavy atom. The number of carbonyl (C=O) groups excluding carboxylic acids is 1. The van der Waals surface area contributed by atoms with E-state index < -0.39 is 6.10 Å². The third-order valence-corrected chi connectivity index (χ3v) is 6.00. The number of ether oxygens (including phenoxy) is 1. The average Bonchev–Trinajstić information content (AvgIpc) is 3.07. The molecule has 3 aromatic rings. The van der Waals surface area contributed by atoms with Crippen LogP contribution in [0.4, 0.5) is 5.95 Å². The Balaban J connectivity index is 2.03. The fourth-order valence-electron chi connectivity index (χ4n) is 3.82. The lowest BCUT2D eigenvalue weighted by Gasteiger charge is -2.22. The molecule has 0 radical (unpaired) electrons. The Morgan fingerprint density at radius 1 is 1.28 bits per heavy atom. The zero-order valence-electron chi connectivity index (χ0n) is 16.1. The minimum Gasteiger partial charge on any atom is -0.458 e. The molecule has 2 aromatic carbocycles. The highest BCUT2D eigenvalue weighted by molar-refractivity contribution is 6.40. The topological polar surface area (TPSA) is 56.1 Å². The second-order valence-electron chi connectivity index (χ2n) is 7.02. The van der Waals surface area contributed by atoms with Crippen molar-refractivity contribution in [1.82, 2.24) is 9.55 Å². The summed E-state index contributed by atoms with van der Waals surface area (Å²) in [6.45, 7) is 5.07. The highest BCUT2D eigenvalue weighted by Crippen LogP contribution is 2.43. The number of aryl methyl sites for hydroxylation is 1. The fourth-order valence-corrected chi connectivity index (χ4v) is 4.62.